The maximum atomic E-state index is 12.9. The topological polar surface area (TPSA) is 96.6 Å². The molecule has 1 N–H and O–H groups in total. The van der Waals surface area contributed by atoms with Gasteiger partial charge in [0.15, 0.2) is 17.3 Å². The molecule has 0 unspecified atom stereocenters. The van der Waals surface area contributed by atoms with E-state index in [4.69, 9.17) is 31.2 Å². The zero-order valence-electron chi connectivity index (χ0n) is 24.6. The molecule has 2 heterocycles. The van der Waals surface area contributed by atoms with E-state index in [1.807, 2.05) is 43.3 Å². The summed E-state index contributed by atoms with van der Waals surface area (Å²) in [6, 6.07) is 19.6. The Morgan fingerprint density at radius 1 is 1.02 bits per heavy atom. The van der Waals surface area contributed by atoms with Crippen molar-refractivity contribution in [2.75, 3.05) is 20.3 Å². The lowest BCUT2D eigenvalue weighted by atomic mass is 9.84. The number of nitrogens with zero attached hydrogens (tertiary/aromatic N) is 3. The number of carbonyl (C=O) groups is 1. The number of benzene rings is 3. The van der Waals surface area contributed by atoms with Crippen molar-refractivity contribution >= 4 is 51.4 Å². The average molecular weight is 629 g/mol. The van der Waals surface area contributed by atoms with Crippen molar-refractivity contribution in [3.63, 3.8) is 0 Å². The maximum absolute atomic E-state index is 12.9. The zero-order chi connectivity index (χ0) is 30.6. The number of amidine groups is 2. The van der Waals surface area contributed by atoms with Crippen LogP contribution in [0.5, 0.6) is 17.2 Å². The molecule has 0 radical (unpaired) electrons. The van der Waals surface area contributed by atoms with E-state index in [0.29, 0.717) is 44.8 Å². The Balaban J connectivity index is 1.10. The molecule has 6 rings (SSSR count). The van der Waals surface area contributed by atoms with E-state index in [2.05, 4.69) is 22.2 Å². The fourth-order valence-electron chi connectivity index (χ4n) is 5.51. The molecule has 226 valence electrons. The van der Waals surface area contributed by atoms with Gasteiger partial charge in [0.05, 0.1) is 17.7 Å². The predicted octanol–water partition coefficient (Wildman–Crippen LogP) is 7.83. The Labute approximate surface area is 266 Å². The number of aliphatic imine (C=N–C) groups is 1. The SMILES string of the molecule is COc1cc(/C=C2/C(=N)N3N=C(c4ccc(C)cc4)SC3=NC2=O)cc(Cl)c1OCCOc1ccc(C2CCCCC2)cc1. The molecule has 8 nitrogen and oxygen atoms in total. The summed E-state index contributed by atoms with van der Waals surface area (Å²) in [5.41, 5.74) is 4.08. The number of rotatable bonds is 9. The van der Waals surface area contributed by atoms with Crippen molar-refractivity contribution in [2.45, 2.75) is 44.9 Å². The molecule has 0 saturated heterocycles. The molecular weight excluding hydrogens is 596 g/mol. The molecule has 1 aliphatic carbocycles. The molecule has 2 aliphatic heterocycles. The van der Waals surface area contributed by atoms with E-state index in [9.17, 15) is 4.79 Å². The number of fused-ring (bicyclic) bond motifs is 1. The third-order valence-electron chi connectivity index (χ3n) is 7.87. The van der Waals surface area contributed by atoms with Gasteiger partial charge in [-0.05, 0) is 78.9 Å². The monoisotopic (exact) mass is 628 g/mol. The van der Waals surface area contributed by atoms with Crippen molar-refractivity contribution in [1.29, 1.82) is 5.41 Å². The Kier molecular flexibility index (Phi) is 9.04. The minimum atomic E-state index is -0.520. The Hall–Kier alpha value is -4.08. The first-order chi connectivity index (χ1) is 21.4. The summed E-state index contributed by atoms with van der Waals surface area (Å²) in [5, 5.41) is 16.0. The van der Waals surface area contributed by atoms with Crippen molar-refractivity contribution in [3.8, 4) is 17.2 Å². The van der Waals surface area contributed by atoms with E-state index in [0.717, 1.165) is 16.9 Å². The van der Waals surface area contributed by atoms with Crippen molar-refractivity contribution < 1.29 is 19.0 Å². The van der Waals surface area contributed by atoms with Crippen LogP contribution < -0.4 is 14.2 Å². The standard InChI is InChI=1S/C34H33ClN4O4S/c1-21-8-10-25(11-9-21)33-38-39-31(36)27(32(40)37-34(39)44-33)18-22-19-28(35)30(29(20-22)41-2)43-17-16-42-26-14-12-24(13-15-26)23-6-4-3-5-7-23/h8-15,18-20,23,36H,3-7,16-17H2,1-2H3/b27-18-,36-31?. The number of aryl methyl sites for hydroxylation is 1. The second-order valence-corrected chi connectivity index (χ2v) is 12.3. The van der Waals surface area contributed by atoms with E-state index in [1.165, 1.54) is 61.5 Å². The van der Waals surface area contributed by atoms with Crippen LogP contribution in [0, 0.1) is 12.3 Å². The first kappa shape index (κ1) is 30.0. The zero-order valence-corrected chi connectivity index (χ0v) is 26.2. The third-order valence-corrected chi connectivity index (χ3v) is 9.11. The van der Waals surface area contributed by atoms with Crippen molar-refractivity contribution in [3.05, 3.63) is 93.5 Å². The second kappa shape index (κ2) is 13.3. The highest BCUT2D eigenvalue weighted by molar-refractivity contribution is 8.27. The van der Waals surface area contributed by atoms with Crippen LogP contribution in [-0.4, -0.2) is 47.3 Å². The van der Waals surface area contributed by atoms with Crippen LogP contribution in [0.4, 0.5) is 0 Å². The number of hydrogen-bond donors (Lipinski definition) is 1. The third kappa shape index (κ3) is 6.54. The van der Waals surface area contributed by atoms with Crippen LogP contribution in [0.15, 0.2) is 76.3 Å². The molecule has 0 aromatic heterocycles. The molecule has 0 atom stereocenters. The lowest BCUT2D eigenvalue weighted by molar-refractivity contribution is -0.114. The maximum Gasteiger partial charge on any atom is 0.283 e. The highest BCUT2D eigenvalue weighted by atomic mass is 35.5. The highest BCUT2D eigenvalue weighted by Gasteiger charge is 2.36. The highest BCUT2D eigenvalue weighted by Crippen LogP contribution is 2.38. The summed E-state index contributed by atoms with van der Waals surface area (Å²) in [4.78, 5) is 17.1. The van der Waals surface area contributed by atoms with Gasteiger partial charge >= 0.3 is 0 Å². The summed E-state index contributed by atoms with van der Waals surface area (Å²) in [7, 11) is 1.52. The van der Waals surface area contributed by atoms with Crippen LogP contribution in [-0.2, 0) is 4.79 Å². The quantitative estimate of drug-likeness (QED) is 0.192. The summed E-state index contributed by atoms with van der Waals surface area (Å²) < 4.78 is 17.4. The summed E-state index contributed by atoms with van der Waals surface area (Å²) in [6.45, 7) is 2.60. The Morgan fingerprint density at radius 2 is 1.75 bits per heavy atom. The molecular formula is C34H33ClN4O4S. The van der Waals surface area contributed by atoms with Gasteiger partial charge in [0.25, 0.3) is 5.91 Å². The van der Waals surface area contributed by atoms with Gasteiger partial charge in [-0.15, -0.1) is 0 Å². The van der Waals surface area contributed by atoms with Gasteiger partial charge in [0.2, 0.25) is 5.17 Å². The van der Waals surface area contributed by atoms with Crippen LogP contribution in [0.3, 0.4) is 0 Å². The normalized spacial score (nSPS) is 17.8. The van der Waals surface area contributed by atoms with E-state index in [-0.39, 0.29) is 18.0 Å². The number of ether oxygens (including phenoxy) is 3. The minimum Gasteiger partial charge on any atom is -0.493 e. The summed E-state index contributed by atoms with van der Waals surface area (Å²) in [6.07, 6.45) is 8.06. The molecule has 3 aliphatic rings. The number of halogens is 1. The lowest BCUT2D eigenvalue weighted by Gasteiger charge is -2.22. The molecule has 1 fully saturated rings. The molecule has 1 amide bonds. The van der Waals surface area contributed by atoms with Gasteiger partial charge in [-0.3, -0.25) is 10.2 Å². The lowest BCUT2D eigenvalue weighted by Crippen LogP contribution is -2.35. The van der Waals surface area contributed by atoms with Crippen LogP contribution in [0.25, 0.3) is 6.08 Å². The van der Waals surface area contributed by atoms with Gasteiger partial charge in [0.1, 0.15) is 24.0 Å². The molecule has 3 aromatic carbocycles. The molecule has 10 heteroatoms. The number of carbonyl (C=O) groups excluding carboxylic acids is 1. The minimum absolute atomic E-state index is 0.0612. The number of amides is 1. The van der Waals surface area contributed by atoms with Gasteiger partial charge in [-0.2, -0.15) is 15.1 Å². The van der Waals surface area contributed by atoms with E-state index >= 15 is 0 Å². The Morgan fingerprint density at radius 3 is 2.48 bits per heavy atom. The fraction of sp³-hybridized carbons (Fsp3) is 0.294. The fourth-order valence-corrected chi connectivity index (χ4v) is 6.68. The van der Waals surface area contributed by atoms with Crippen molar-refractivity contribution in [2.24, 2.45) is 10.1 Å². The number of thioether (sulfide) groups is 1. The number of methoxy groups -OCH3 is 1. The predicted molar refractivity (Wildman–Crippen MR) is 177 cm³/mol. The summed E-state index contributed by atoms with van der Waals surface area (Å²) >= 11 is 7.86. The number of hydrazone groups is 1. The van der Waals surface area contributed by atoms with Crippen molar-refractivity contribution in [1.82, 2.24) is 5.01 Å². The van der Waals surface area contributed by atoms with Crippen LogP contribution in [0.1, 0.15) is 60.3 Å². The van der Waals surface area contributed by atoms with Gasteiger partial charge < -0.3 is 14.2 Å². The number of nitrogens with one attached hydrogen (secondary N) is 1. The molecule has 0 spiro atoms. The molecule has 3 aromatic rings. The van der Waals surface area contributed by atoms with Gasteiger partial charge in [0, 0.05) is 5.56 Å². The largest absolute Gasteiger partial charge is 0.493 e. The van der Waals surface area contributed by atoms with E-state index in [1.54, 1.807) is 18.2 Å². The molecule has 44 heavy (non-hydrogen) atoms. The smallest absolute Gasteiger partial charge is 0.283 e. The Bertz CT molecular complexity index is 1660. The van der Waals surface area contributed by atoms with Gasteiger partial charge in [-0.1, -0.05) is 72.8 Å². The van der Waals surface area contributed by atoms with E-state index < -0.39 is 5.91 Å². The first-order valence-corrected chi connectivity index (χ1v) is 15.9. The number of hydrogen-bond acceptors (Lipinski definition) is 7. The molecule has 0 bridgehead atoms. The van der Waals surface area contributed by atoms with Crippen LogP contribution in [0.2, 0.25) is 5.02 Å². The average Bonchev–Trinajstić information content (AvgIpc) is 3.47. The summed E-state index contributed by atoms with van der Waals surface area (Å²) in [5.74, 6) is 1.65. The second-order valence-electron chi connectivity index (χ2n) is 10.9. The molecule has 1 saturated carbocycles. The van der Waals surface area contributed by atoms with Crippen LogP contribution >= 0.6 is 23.4 Å². The first-order valence-electron chi connectivity index (χ1n) is 14.7. The van der Waals surface area contributed by atoms with Gasteiger partial charge in [-0.25, -0.2) is 0 Å².